The van der Waals surface area contributed by atoms with Crippen LogP contribution in [0.5, 0.6) is 0 Å². The highest BCUT2D eigenvalue weighted by Gasteiger charge is 2.18. The zero-order chi connectivity index (χ0) is 15.3. The van der Waals surface area contributed by atoms with E-state index in [1.807, 2.05) is 10.7 Å². The molecule has 0 spiro atoms. The number of ether oxygens (including phenoxy) is 1. The molecule has 0 saturated heterocycles. The second kappa shape index (κ2) is 7.09. The molecule has 21 heavy (non-hydrogen) atoms. The van der Waals surface area contributed by atoms with Crippen molar-refractivity contribution in [1.29, 1.82) is 0 Å². The molecule has 0 aliphatic heterocycles. The smallest absolute Gasteiger partial charge is 0.152 e. The quantitative estimate of drug-likeness (QED) is 0.631. The lowest BCUT2D eigenvalue weighted by atomic mass is 9.92. The Bertz CT molecular complexity index is 577. The van der Waals surface area contributed by atoms with Crippen LogP contribution in [-0.2, 0) is 10.2 Å². The molecule has 0 aliphatic rings. The van der Waals surface area contributed by atoms with Crippen LogP contribution in [0.4, 0.5) is 5.82 Å². The summed E-state index contributed by atoms with van der Waals surface area (Å²) in [5.41, 5.74) is 2.09. The number of halogens is 1. The maximum absolute atomic E-state index is 5.55. The lowest BCUT2D eigenvalue weighted by Gasteiger charge is -2.13. The first kappa shape index (κ1) is 16.0. The van der Waals surface area contributed by atoms with Crippen molar-refractivity contribution in [2.24, 2.45) is 0 Å². The molecule has 0 amide bonds. The van der Waals surface area contributed by atoms with Gasteiger partial charge in [-0.05, 0) is 12.5 Å². The Morgan fingerprint density at radius 2 is 2.14 bits per heavy atom. The third kappa shape index (κ3) is 4.32. The van der Waals surface area contributed by atoms with Crippen molar-refractivity contribution in [3.05, 3.63) is 24.2 Å². The molecule has 0 fully saturated rings. The topological polar surface area (TPSA) is 51.5 Å². The van der Waals surface area contributed by atoms with Gasteiger partial charge in [0, 0.05) is 36.8 Å². The molecule has 0 radical (unpaired) electrons. The highest BCUT2D eigenvalue weighted by atomic mass is 35.5. The fourth-order valence-corrected chi connectivity index (χ4v) is 2.07. The van der Waals surface area contributed by atoms with Crippen molar-refractivity contribution in [2.45, 2.75) is 32.6 Å². The molecule has 2 heterocycles. The first-order chi connectivity index (χ1) is 10.0. The highest BCUT2D eigenvalue weighted by molar-refractivity contribution is 6.17. The van der Waals surface area contributed by atoms with Crippen molar-refractivity contribution < 1.29 is 4.74 Å². The van der Waals surface area contributed by atoms with Crippen LogP contribution in [0, 0.1) is 0 Å². The van der Waals surface area contributed by atoms with Crippen LogP contribution in [-0.4, -0.2) is 40.2 Å². The lowest BCUT2D eigenvalue weighted by molar-refractivity contribution is 0.149. The van der Waals surface area contributed by atoms with Crippen LogP contribution in [0.2, 0.25) is 0 Å². The fourth-order valence-electron chi connectivity index (χ4n) is 1.96. The van der Waals surface area contributed by atoms with E-state index in [1.165, 1.54) is 0 Å². The van der Waals surface area contributed by atoms with Crippen LogP contribution in [0.15, 0.2) is 18.5 Å². The van der Waals surface area contributed by atoms with Crippen molar-refractivity contribution >= 4 is 22.9 Å². The number of nitrogens with zero attached hydrogens (tertiary/aromatic N) is 3. The third-order valence-corrected chi connectivity index (χ3v) is 3.29. The van der Waals surface area contributed by atoms with Gasteiger partial charge < -0.3 is 10.1 Å². The fraction of sp³-hybridized carbons (Fsp3) is 0.600. The molecule has 0 unspecified atom stereocenters. The maximum Gasteiger partial charge on any atom is 0.152 e. The molecular formula is C15H23ClN4O. The van der Waals surface area contributed by atoms with E-state index in [1.54, 1.807) is 6.20 Å². The van der Waals surface area contributed by atoms with Gasteiger partial charge in [-0.15, -0.1) is 11.6 Å². The van der Waals surface area contributed by atoms with Crippen LogP contribution in [0.25, 0.3) is 5.52 Å². The zero-order valence-corrected chi connectivity index (χ0v) is 13.7. The largest absolute Gasteiger partial charge is 0.380 e. The summed E-state index contributed by atoms with van der Waals surface area (Å²) in [5, 5.41) is 7.96. The van der Waals surface area contributed by atoms with Crippen LogP contribution in [0.1, 0.15) is 32.9 Å². The van der Waals surface area contributed by atoms with Crippen molar-refractivity contribution in [1.82, 2.24) is 14.6 Å². The summed E-state index contributed by atoms with van der Waals surface area (Å²) in [6.07, 6.45) is 4.55. The van der Waals surface area contributed by atoms with Gasteiger partial charge in [0.1, 0.15) is 5.52 Å². The lowest BCUT2D eigenvalue weighted by Crippen LogP contribution is -2.11. The van der Waals surface area contributed by atoms with E-state index in [0.29, 0.717) is 19.1 Å². The predicted molar refractivity (Wildman–Crippen MR) is 86.3 cm³/mol. The molecule has 2 rings (SSSR count). The van der Waals surface area contributed by atoms with Gasteiger partial charge in [0.05, 0.1) is 12.3 Å². The van der Waals surface area contributed by atoms with Crippen molar-refractivity contribution in [3.63, 3.8) is 0 Å². The minimum atomic E-state index is 0.0265. The van der Waals surface area contributed by atoms with Crippen LogP contribution in [0.3, 0.4) is 0 Å². The molecular weight excluding hydrogens is 288 g/mol. The molecule has 0 atom stereocenters. The van der Waals surface area contributed by atoms with Gasteiger partial charge in [-0.3, -0.25) is 0 Å². The summed E-state index contributed by atoms with van der Waals surface area (Å²) < 4.78 is 7.22. The van der Waals surface area contributed by atoms with E-state index >= 15 is 0 Å². The van der Waals surface area contributed by atoms with Crippen molar-refractivity contribution in [3.8, 4) is 0 Å². The second-order valence-corrected chi connectivity index (χ2v) is 6.34. The third-order valence-electron chi connectivity index (χ3n) is 3.14. The summed E-state index contributed by atoms with van der Waals surface area (Å²) in [4.78, 5) is 4.40. The number of aromatic nitrogens is 3. The Labute approximate surface area is 130 Å². The molecule has 6 heteroatoms. The number of hydrogen-bond acceptors (Lipinski definition) is 4. The predicted octanol–water partition coefficient (Wildman–Crippen LogP) is 3.08. The van der Waals surface area contributed by atoms with Crippen LogP contribution >= 0.6 is 11.6 Å². The van der Waals surface area contributed by atoms with E-state index in [9.17, 15) is 0 Å². The molecule has 2 aromatic rings. The van der Waals surface area contributed by atoms with E-state index in [-0.39, 0.29) is 5.41 Å². The highest BCUT2D eigenvalue weighted by Crippen LogP contribution is 2.24. The summed E-state index contributed by atoms with van der Waals surface area (Å²) >= 11 is 5.55. The van der Waals surface area contributed by atoms with Gasteiger partial charge in [-0.25, -0.2) is 9.50 Å². The summed E-state index contributed by atoms with van der Waals surface area (Å²) in [6.45, 7) is 8.59. The standard InChI is InChI=1S/C15H23ClN4O/c1-15(2,3)13-11-12-14(18-7-8-20(12)19-13)17-6-4-9-21-10-5-16/h7-8,11H,4-6,9-10H2,1-3H3,(H,17,18). The minimum absolute atomic E-state index is 0.0265. The summed E-state index contributed by atoms with van der Waals surface area (Å²) in [6, 6.07) is 2.10. The average Bonchev–Trinajstić information content (AvgIpc) is 2.87. The molecule has 0 bridgehead atoms. The summed E-state index contributed by atoms with van der Waals surface area (Å²) in [5.74, 6) is 1.40. The van der Waals surface area contributed by atoms with Gasteiger partial charge in [-0.2, -0.15) is 5.10 Å². The summed E-state index contributed by atoms with van der Waals surface area (Å²) in [7, 11) is 0. The molecule has 2 aromatic heterocycles. The Hall–Kier alpha value is -1.33. The Kier molecular flexibility index (Phi) is 5.42. The molecule has 116 valence electrons. The number of hydrogen-bond donors (Lipinski definition) is 1. The first-order valence-electron chi connectivity index (χ1n) is 7.25. The van der Waals surface area contributed by atoms with E-state index in [0.717, 1.165) is 30.0 Å². The van der Waals surface area contributed by atoms with E-state index < -0.39 is 0 Å². The van der Waals surface area contributed by atoms with E-state index in [4.69, 9.17) is 16.3 Å². The Morgan fingerprint density at radius 3 is 2.86 bits per heavy atom. The van der Waals surface area contributed by atoms with Gasteiger partial charge in [-0.1, -0.05) is 20.8 Å². The van der Waals surface area contributed by atoms with Gasteiger partial charge in [0.15, 0.2) is 5.82 Å². The minimum Gasteiger partial charge on any atom is -0.380 e. The molecule has 0 aliphatic carbocycles. The molecule has 1 N–H and O–H groups in total. The van der Waals surface area contributed by atoms with E-state index in [2.05, 4.69) is 42.2 Å². The number of anilines is 1. The molecule has 0 saturated carbocycles. The van der Waals surface area contributed by atoms with Crippen LogP contribution < -0.4 is 5.32 Å². The number of nitrogens with one attached hydrogen (secondary N) is 1. The second-order valence-electron chi connectivity index (χ2n) is 5.97. The van der Waals surface area contributed by atoms with Gasteiger partial charge in [0.2, 0.25) is 0 Å². The Morgan fingerprint density at radius 1 is 1.33 bits per heavy atom. The molecule has 5 nitrogen and oxygen atoms in total. The van der Waals surface area contributed by atoms with Gasteiger partial charge >= 0.3 is 0 Å². The first-order valence-corrected chi connectivity index (χ1v) is 7.78. The monoisotopic (exact) mass is 310 g/mol. The number of alkyl halides is 1. The number of fused-ring (bicyclic) bond motifs is 1. The zero-order valence-electron chi connectivity index (χ0n) is 12.9. The average molecular weight is 311 g/mol. The maximum atomic E-state index is 5.55. The Balaban J connectivity index is 2.01. The molecule has 0 aromatic carbocycles. The van der Waals surface area contributed by atoms with Crippen molar-refractivity contribution in [2.75, 3.05) is 31.0 Å². The van der Waals surface area contributed by atoms with Gasteiger partial charge in [0.25, 0.3) is 0 Å². The SMILES string of the molecule is CC(C)(C)c1cc2c(NCCCOCCCl)nccn2n1. The number of rotatable bonds is 7. The normalized spacial score (nSPS) is 12.0.